The van der Waals surface area contributed by atoms with E-state index in [4.69, 9.17) is 0 Å². The molecule has 0 unspecified atom stereocenters. The van der Waals surface area contributed by atoms with Crippen LogP contribution < -0.4 is 0 Å². The number of aliphatic hydroxyl groups is 1. The van der Waals surface area contributed by atoms with Crippen molar-refractivity contribution in [3.63, 3.8) is 0 Å². The van der Waals surface area contributed by atoms with Gasteiger partial charge in [-0.2, -0.15) is 0 Å². The minimum Gasteiger partial charge on any atom is -0.394 e. The van der Waals surface area contributed by atoms with E-state index in [9.17, 15) is 5.11 Å². The van der Waals surface area contributed by atoms with Gasteiger partial charge in [0.1, 0.15) is 0 Å². The van der Waals surface area contributed by atoms with Crippen LogP contribution in [0.4, 0.5) is 0 Å². The number of likely N-dealkylation sites (tertiary alicyclic amines) is 1. The van der Waals surface area contributed by atoms with Gasteiger partial charge < -0.3 is 5.11 Å². The molecular weight excluding hydrogens is 254 g/mol. The summed E-state index contributed by atoms with van der Waals surface area (Å²) in [6.45, 7) is 2.43. The number of hydrogen-bond donors (Lipinski definition) is 1. The van der Waals surface area contributed by atoms with Crippen molar-refractivity contribution in [3.05, 3.63) is 34.3 Å². The fourth-order valence-electron chi connectivity index (χ4n) is 2.17. The minimum absolute atomic E-state index is 0.181. The second kappa shape index (κ2) is 5.10. The number of halogens is 1. The lowest BCUT2D eigenvalue weighted by Gasteiger charge is -2.26. The van der Waals surface area contributed by atoms with E-state index < -0.39 is 0 Å². The zero-order valence-electron chi connectivity index (χ0n) is 8.69. The average Bonchev–Trinajstić information content (AvgIpc) is 2.75. The largest absolute Gasteiger partial charge is 0.394 e. The standard InChI is InChI=1S/C12H16BrNO/c13-11-5-3-10(4-6-11)12(9-15)14-7-1-2-8-14/h3-6,12,15H,1-2,7-9H2/t12-/m0/s1. The zero-order chi connectivity index (χ0) is 10.7. The van der Waals surface area contributed by atoms with Crippen LogP contribution in [0.1, 0.15) is 24.4 Å². The molecule has 3 heteroatoms. The van der Waals surface area contributed by atoms with Gasteiger partial charge >= 0.3 is 0 Å². The molecule has 0 aliphatic carbocycles. The van der Waals surface area contributed by atoms with Crippen LogP contribution in [0.25, 0.3) is 0 Å². The SMILES string of the molecule is OC[C@@H](c1ccc(Br)cc1)N1CCCC1. The first-order valence-corrected chi connectivity index (χ1v) is 6.21. The first kappa shape index (κ1) is 11.1. The van der Waals surface area contributed by atoms with Crippen LogP contribution >= 0.6 is 15.9 Å². The summed E-state index contributed by atoms with van der Waals surface area (Å²) in [5.41, 5.74) is 1.21. The van der Waals surface area contributed by atoms with Crippen LogP contribution in [0, 0.1) is 0 Å². The Hall–Kier alpha value is -0.380. The van der Waals surface area contributed by atoms with Crippen molar-refractivity contribution in [1.29, 1.82) is 0 Å². The normalized spacial score (nSPS) is 19.3. The summed E-state index contributed by atoms with van der Waals surface area (Å²) in [5.74, 6) is 0. The molecule has 2 nitrogen and oxygen atoms in total. The van der Waals surface area contributed by atoms with E-state index in [1.807, 2.05) is 12.1 Å². The second-order valence-electron chi connectivity index (χ2n) is 3.99. The van der Waals surface area contributed by atoms with Gasteiger partial charge in [0.2, 0.25) is 0 Å². The quantitative estimate of drug-likeness (QED) is 0.912. The fraction of sp³-hybridized carbons (Fsp3) is 0.500. The highest BCUT2D eigenvalue weighted by Crippen LogP contribution is 2.25. The summed E-state index contributed by atoms with van der Waals surface area (Å²) in [6, 6.07) is 8.43. The Kier molecular flexibility index (Phi) is 3.78. The molecule has 2 rings (SSSR count). The Balaban J connectivity index is 2.14. The second-order valence-corrected chi connectivity index (χ2v) is 4.91. The van der Waals surface area contributed by atoms with E-state index >= 15 is 0 Å². The number of nitrogens with zero attached hydrogens (tertiary/aromatic N) is 1. The van der Waals surface area contributed by atoms with Gasteiger partial charge in [0.25, 0.3) is 0 Å². The molecule has 1 N–H and O–H groups in total. The maximum atomic E-state index is 9.46. The minimum atomic E-state index is 0.181. The molecule has 82 valence electrons. The molecule has 0 amide bonds. The molecule has 0 radical (unpaired) electrons. The Morgan fingerprint density at radius 3 is 2.33 bits per heavy atom. The first-order valence-electron chi connectivity index (χ1n) is 5.41. The smallest absolute Gasteiger partial charge is 0.0628 e. The summed E-state index contributed by atoms with van der Waals surface area (Å²) in [4.78, 5) is 2.36. The van der Waals surface area contributed by atoms with Crippen LogP contribution in [0.2, 0.25) is 0 Å². The maximum Gasteiger partial charge on any atom is 0.0628 e. The van der Waals surface area contributed by atoms with Crippen LogP contribution in [0.5, 0.6) is 0 Å². The van der Waals surface area contributed by atoms with E-state index in [-0.39, 0.29) is 12.6 Å². The van der Waals surface area contributed by atoms with Crippen LogP contribution in [0.3, 0.4) is 0 Å². The first-order chi connectivity index (χ1) is 7.31. The van der Waals surface area contributed by atoms with Gasteiger partial charge in [-0.05, 0) is 43.6 Å². The van der Waals surface area contributed by atoms with Crippen molar-refractivity contribution in [2.24, 2.45) is 0 Å². The van der Waals surface area contributed by atoms with Crippen LogP contribution in [-0.2, 0) is 0 Å². The average molecular weight is 270 g/mol. The Bertz CT molecular complexity index is 306. The number of hydrogen-bond acceptors (Lipinski definition) is 2. The highest BCUT2D eigenvalue weighted by atomic mass is 79.9. The van der Waals surface area contributed by atoms with E-state index in [1.54, 1.807) is 0 Å². The molecule has 0 aromatic heterocycles. The van der Waals surface area contributed by atoms with E-state index in [2.05, 4.69) is 33.0 Å². The number of benzene rings is 1. The summed E-state index contributed by atoms with van der Waals surface area (Å²) >= 11 is 3.42. The van der Waals surface area contributed by atoms with E-state index in [0.717, 1.165) is 17.6 Å². The maximum absolute atomic E-state index is 9.46. The Morgan fingerprint density at radius 2 is 1.80 bits per heavy atom. The fourth-order valence-corrected chi connectivity index (χ4v) is 2.43. The monoisotopic (exact) mass is 269 g/mol. The highest BCUT2D eigenvalue weighted by Gasteiger charge is 2.22. The van der Waals surface area contributed by atoms with Gasteiger partial charge in [0.15, 0.2) is 0 Å². The third-order valence-corrected chi connectivity index (χ3v) is 3.54. The number of rotatable bonds is 3. The van der Waals surface area contributed by atoms with Crippen LogP contribution in [-0.4, -0.2) is 29.7 Å². The van der Waals surface area contributed by atoms with Crippen molar-refractivity contribution in [2.45, 2.75) is 18.9 Å². The molecule has 0 saturated carbocycles. The molecule has 1 atom stereocenters. The molecule has 1 aliphatic heterocycles. The molecule has 1 aromatic rings. The molecule has 1 saturated heterocycles. The summed E-state index contributed by atoms with van der Waals surface area (Å²) in [6.07, 6.45) is 2.51. The molecule has 0 spiro atoms. The summed E-state index contributed by atoms with van der Waals surface area (Å²) < 4.78 is 1.09. The predicted octanol–water partition coefficient (Wildman–Crippen LogP) is 2.58. The third-order valence-electron chi connectivity index (χ3n) is 3.01. The van der Waals surface area contributed by atoms with Gasteiger partial charge in [-0.25, -0.2) is 0 Å². The van der Waals surface area contributed by atoms with Crippen LogP contribution in [0.15, 0.2) is 28.7 Å². The Morgan fingerprint density at radius 1 is 1.20 bits per heavy atom. The molecule has 1 aromatic carbocycles. The zero-order valence-corrected chi connectivity index (χ0v) is 10.3. The third kappa shape index (κ3) is 2.60. The summed E-state index contributed by atoms with van der Waals surface area (Å²) in [7, 11) is 0. The van der Waals surface area contributed by atoms with Gasteiger partial charge in [-0.1, -0.05) is 28.1 Å². The lowest BCUT2D eigenvalue weighted by Crippen LogP contribution is -2.28. The van der Waals surface area contributed by atoms with Crippen molar-refractivity contribution < 1.29 is 5.11 Å². The van der Waals surface area contributed by atoms with Crippen molar-refractivity contribution in [1.82, 2.24) is 4.90 Å². The highest BCUT2D eigenvalue weighted by molar-refractivity contribution is 9.10. The molecule has 1 heterocycles. The lowest BCUT2D eigenvalue weighted by molar-refractivity contribution is 0.147. The van der Waals surface area contributed by atoms with Crippen molar-refractivity contribution in [3.8, 4) is 0 Å². The topological polar surface area (TPSA) is 23.5 Å². The van der Waals surface area contributed by atoms with E-state index in [0.29, 0.717) is 0 Å². The van der Waals surface area contributed by atoms with Gasteiger partial charge in [-0.3, -0.25) is 4.90 Å². The molecule has 1 fully saturated rings. The van der Waals surface area contributed by atoms with Crippen molar-refractivity contribution >= 4 is 15.9 Å². The molecular formula is C12H16BrNO. The van der Waals surface area contributed by atoms with Gasteiger partial charge in [0.05, 0.1) is 12.6 Å². The van der Waals surface area contributed by atoms with Crippen molar-refractivity contribution in [2.75, 3.05) is 19.7 Å². The van der Waals surface area contributed by atoms with Gasteiger partial charge in [0, 0.05) is 4.47 Å². The lowest BCUT2D eigenvalue weighted by atomic mass is 10.1. The molecule has 0 bridgehead atoms. The van der Waals surface area contributed by atoms with E-state index in [1.165, 1.54) is 18.4 Å². The molecule has 15 heavy (non-hydrogen) atoms. The summed E-state index contributed by atoms with van der Waals surface area (Å²) in [5, 5.41) is 9.46. The molecule has 1 aliphatic rings. The van der Waals surface area contributed by atoms with Gasteiger partial charge in [-0.15, -0.1) is 0 Å². The predicted molar refractivity (Wildman–Crippen MR) is 64.8 cm³/mol. The number of aliphatic hydroxyl groups excluding tert-OH is 1. The Labute approximate surface area is 99.0 Å².